The van der Waals surface area contributed by atoms with Gasteiger partial charge in [-0.05, 0) is 32.0 Å². The molecule has 0 fully saturated rings. The molecule has 0 saturated carbocycles. The highest BCUT2D eigenvalue weighted by Gasteiger charge is 2.22. The average molecular weight is 359 g/mol. The molecular weight excluding hydrogens is 340 g/mol. The Morgan fingerprint density at radius 1 is 1.50 bits per heavy atom. The van der Waals surface area contributed by atoms with E-state index in [2.05, 4.69) is 15.9 Å². The van der Waals surface area contributed by atoms with Crippen LogP contribution in [0.4, 0.5) is 0 Å². The van der Waals surface area contributed by atoms with Gasteiger partial charge in [0.15, 0.2) is 0 Å². The summed E-state index contributed by atoms with van der Waals surface area (Å²) in [5.41, 5.74) is 6.05. The molecule has 0 atom stereocenters. The zero-order valence-corrected chi connectivity index (χ0v) is 14.3. The van der Waals surface area contributed by atoms with Crippen molar-refractivity contribution in [2.45, 2.75) is 26.3 Å². The number of carbonyl (C=O) groups is 1. The summed E-state index contributed by atoms with van der Waals surface area (Å²) in [6.07, 6.45) is 0.512. The largest absolute Gasteiger partial charge is 0.496 e. The van der Waals surface area contributed by atoms with Crippen LogP contribution in [-0.2, 0) is 0 Å². The van der Waals surface area contributed by atoms with Crippen LogP contribution in [0.2, 0.25) is 0 Å². The van der Waals surface area contributed by atoms with Crippen molar-refractivity contribution in [1.29, 1.82) is 0 Å². The molecule has 1 amide bonds. The van der Waals surface area contributed by atoms with Gasteiger partial charge >= 0.3 is 0 Å². The first-order valence-corrected chi connectivity index (χ1v) is 7.49. The number of nitrogens with zero attached hydrogens (tertiary/aromatic N) is 1. The lowest BCUT2D eigenvalue weighted by Crippen LogP contribution is -2.39. The number of amides is 1. The fraction of sp³-hybridized carbons (Fsp3) is 0.429. The van der Waals surface area contributed by atoms with Crippen molar-refractivity contribution < 1.29 is 9.53 Å². The number of methoxy groups -OCH3 is 1. The number of benzene rings is 1. The smallest absolute Gasteiger partial charge is 0.257 e. The molecule has 0 saturated heterocycles. The molecular formula is C14H19BrN2O2S. The van der Waals surface area contributed by atoms with Gasteiger partial charge in [0.2, 0.25) is 0 Å². The predicted octanol–water partition coefficient (Wildman–Crippen LogP) is 2.98. The van der Waals surface area contributed by atoms with Crippen molar-refractivity contribution in [3.8, 4) is 5.75 Å². The predicted molar refractivity (Wildman–Crippen MR) is 88.3 cm³/mol. The molecule has 0 heterocycles. The fourth-order valence-corrected chi connectivity index (χ4v) is 2.25. The van der Waals surface area contributed by atoms with Crippen LogP contribution >= 0.6 is 28.1 Å². The van der Waals surface area contributed by atoms with E-state index >= 15 is 0 Å². The maximum Gasteiger partial charge on any atom is 0.257 e. The summed E-state index contributed by atoms with van der Waals surface area (Å²) < 4.78 is 6.14. The van der Waals surface area contributed by atoms with Crippen LogP contribution in [0.5, 0.6) is 5.75 Å². The Kier molecular flexibility index (Phi) is 6.42. The van der Waals surface area contributed by atoms with E-state index in [1.807, 2.05) is 19.9 Å². The number of halogens is 1. The first-order chi connectivity index (χ1) is 9.36. The van der Waals surface area contributed by atoms with E-state index in [1.54, 1.807) is 24.1 Å². The Morgan fingerprint density at radius 3 is 2.65 bits per heavy atom. The molecule has 2 N–H and O–H groups in total. The van der Waals surface area contributed by atoms with Crippen LogP contribution in [-0.4, -0.2) is 35.5 Å². The number of nitrogens with two attached hydrogens (primary N) is 1. The van der Waals surface area contributed by atoms with Crippen molar-refractivity contribution >= 4 is 39.0 Å². The first kappa shape index (κ1) is 16.9. The van der Waals surface area contributed by atoms with Crippen molar-refractivity contribution in [2.75, 3.05) is 13.7 Å². The fourth-order valence-electron chi connectivity index (χ4n) is 1.82. The van der Waals surface area contributed by atoms with Crippen molar-refractivity contribution in [3.05, 3.63) is 28.2 Å². The Hall–Kier alpha value is -1.14. The third-order valence-electron chi connectivity index (χ3n) is 2.88. The summed E-state index contributed by atoms with van der Waals surface area (Å²) in [6.45, 7) is 4.43. The van der Waals surface area contributed by atoms with Gasteiger partial charge < -0.3 is 15.4 Å². The van der Waals surface area contributed by atoms with Gasteiger partial charge in [0.05, 0.1) is 17.7 Å². The third-order valence-corrected chi connectivity index (χ3v) is 3.57. The molecule has 0 radical (unpaired) electrons. The van der Waals surface area contributed by atoms with Crippen LogP contribution in [0.15, 0.2) is 22.7 Å². The molecule has 0 spiro atoms. The topological polar surface area (TPSA) is 55.6 Å². The van der Waals surface area contributed by atoms with Crippen LogP contribution in [0, 0.1) is 0 Å². The molecule has 6 heteroatoms. The van der Waals surface area contributed by atoms with Gasteiger partial charge in [-0.2, -0.15) is 0 Å². The first-order valence-electron chi connectivity index (χ1n) is 6.29. The zero-order valence-electron chi connectivity index (χ0n) is 11.9. The second-order valence-electron chi connectivity index (χ2n) is 4.65. The highest BCUT2D eigenvalue weighted by molar-refractivity contribution is 9.10. The highest BCUT2D eigenvalue weighted by atomic mass is 79.9. The van der Waals surface area contributed by atoms with Crippen molar-refractivity contribution in [3.63, 3.8) is 0 Å². The van der Waals surface area contributed by atoms with Gasteiger partial charge in [0.1, 0.15) is 5.75 Å². The lowest BCUT2D eigenvalue weighted by Gasteiger charge is -2.27. The van der Waals surface area contributed by atoms with Crippen LogP contribution < -0.4 is 10.5 Å². The molecule has 20 heavy (non-hydrogen) atoms. The normalized spacial score (nSPS) is 10.4. The summed E-state index contributed by atoms with van der Waals surface area (Å²) in [4.78, 5) is 14.8. The van der Waals surface area contributed by atoms with E-state index < -0.39 is 0 Å². The molecule has 0 unspecified atom stereocenters. The van der Waals surface area contributed by atoms with Gasteiger partial charge in [0, 0.05) is 23.5 Å². The summed E-state index contributed by atoms with van der Waals surface area (Å²) in [5.74, 6) is 0.464. The second-order valence-corrected chi connectivity index (χ2v) is 6.09. The van der Waals surface area contributed by atoms with E-state index in [4.69, 9.17) is 22.7 Å². The molecule has 1 aromatic rings. The molecule has 1 rings (SSSR count). The van der Waals surface area contributed by atoms with Gasteiger partial charge in [-0.25, -0.2) is 0 Å². The lowest BCUT2D eigenvalue weighted by molar-refractivity contribution is 0.0708. The molecule has 0 aliphatic heterocycles. The van der Waals surface area contributed by atoms with Crippen molar-refractivity contribution in [2.24, 2.45) is 5.73 Å². The summed E-state index contributed by atoms with van der Waals surface area (Å²) >= 11 is 8.24. The number of rotatable bonds is 6. The molecule has 0 aliphatic rings. The van der Waals surface area contributed by atoms with Crippen LogP contribution in [0.25, 0.3) is 0 Å². The number of ether oxygens (including phenoxy) is 1. The number of thiocarbonyl (C=S) groups is 1. The van der Waals surface area contributed by atoms with Gasteiger partial charge in [-0.1, -0.05) is 28.1 Å². The zero-order chi connectivity index (χ0) is 15.3. The molecule has 0 bridgehead atoms. The minimum absolute atomic E-state index is 0.0604. The summed E-state index contributed by atoms with van der Waals surface area (Å²) in [6, 6.07) is 5.41. The third kappa shape index (κ3) is 4.45. The Balaban J connectivity index is 3.03. The number of hydrogen-bond donors (Lipinski definition) is 1. The summed E-state index contributed by atoms with van der Waals surface area (Å²) in [7, 11) is 1.55. The molecule has 0 aromatic heterocycles. The lowest BCUT2D eigenvalue weighted by atomic mass is 10.1. The standard InChI is InChI=1S/C14H19BrN2O2S/c1-9(2)17(7-6-13(16)20)14(18)11-5-4-10(15)8-12(11)19-3/h4-5,8-9H,6-7H2,1-3H3,(H2,16,20). The molecule has 4 nitrogen and oxygen atoms in total. The number of carbonyl (C=O) groups excluding carboxylic acids is 1. The molecule has 1 aromatic carbocycles. The molecule has 110 valence electrons. The van der Waals surface area contributed by atoms with E-state index in [0.717, 1.165) is 4.47 Å². The second kappa shape index (κ2) is 7.59. The van der Waals surface area contributed by atoms with Gasteiger partial charge in [-0.3, -0.25) is 4.79 Å². The van der Waals surface area contributed by atoms with Gasteiger partial charge in [-0.15, -0.1) is 0 Å². The van der Waals surface area contributed by atoms with Crippen LogP contribution in [0.1, 0.15) is 30.6 Å². The SMILES string of the molecule is COc1cc(Br)ccc1C(=O)N(CCC(N)=S)C(C)C. The van der Waals surface area contributed by atoms with E-state index in [9.17, 15) is 4.79 Å². The van der Waals surface area contributed by atoms with Gasteiger partial charge in [0.25, 0.3) is 5.91 Å². The minimum atomic E-state index is -0.0828. The summed E-state index contributed by atoms with van der Waals surface area (Å²) in [5, 5.41) is 0. The quantitative estimate of drug-likeness (QED) is 0.794. The molecule has 0 aliphatic carbocycles. The maximum atomic E-state index is 12.6. The van der Waals surface area contributed by atoms with Crippen LogP contribution in [0.3, 0.4) is 0 Å². The average Bonchev–Trinajstić information content (AvgIpc) is 2.37. The van der Waals surface area contributed by atoms with E-state index in [1.165, 1.54) is 0 Å². The Morgan fingerprint density at radius 2 is 2.15 bits per heavy atom. The number of hydrogen-bond acceptors (Lipinski definition) is 3. The van der Waals surface area contributed by atoms with E-state index in [0.29, 0.717) is 29.3 Å². The van der Waals surface area contributed by atoms with Crippen molar-refractivity contribution in [1.82, 2.24) is 4.90 Å². The Labute approximate surface area is 133 Å². The minimum Gasteiger partial charge on any atom is -0.496 e. The monoisotopic (exact) mass is 358 g/mol. The highest BCUT2D eigenvalue weighted by Crippen LogP contribution is 2.25. The Bertz CT molecular complexity index is 506. The maximum absolute atomic E-state index is 12.6. The van der Waals surface area contributed by atoms with E-state index in [-0.39, 0.29) is 11.9 Å².